The van der Waals surface area contributed by atoms with E-state index >= 15 is 0 Å². The zero-order chi connectivity index (χ0) is 47.1. The van der Waals surface area contributed by atoms with Crippen LogP contribution in [-0.4, -0.2) is 91.8 Å². The van der Waals surface area contributed by atoms with Crippen molar-refractivity contribution in [2.45, 2.75) is 101 Å². The molecule has 0 N–H and O–H groups in total. The lowest BCUT2D eigenvalue weighted by Crippen LogP contribution is -2.70. The Morgan fingerprint density at radius 3 is 1.57 bits per heavy atom. The standard InChI is InChI=1S/C56H55NO12/c1-36-47(61-31-37-17-7-3-8-18-37)50(62-32-38-19-9-4-10-20-38)51(63-33-39-21-11-5-12-22-39)56(66-36)69-49-46(57-52(58)43-25-15-16-26-44(43)53(57)59)55(64-34-40-27-29-42(60-2)30-28-40)67-45-35-65-54(68-48(45)49)41-23-13-6-14-24-41/h3-30,36,45-51,54-56H,31-35H2,1-2H3/t36-,45+,46+,47+,48+,49+,50+,51-,54?,55+,56-/m0/s1. The lowest BCUT2D eigenvalue weighted by Gasteiger charge is -2.53. The number of carbonyl (C=O) groups excluding carboxylic acids is 2. The van der Waals surface area contributed by atoms with Crippen LogP contribution in [0.15, 0.2) is 170 Å². The summed E-state index contributed by atoms with van der Waals surface area (Å²) in [6.07, 6.45) is -9.01. The summed E-state index contributed by atoms with van der Waals surface area (Å²) >= 11 is 0. The van der Waals surface area contributed by atoms with Crippen molar-refractivity contribution in [1.29, 1.82) is 0 Å². The van der Waals surface area contributed by atoms with Gasteiger partial charge >= 0.3 is 0 Å². The van der Waals surface area contributed by atoms with E-state index in [0.29, 0.717) is 5.75 Å². The Morgan fingerprint density at radius 2 is 1.00 bits per heavy atom. The molecule has 4 heterocycles. The van der Waals surface area contributed by atoms with Gasteiger partial charge in [-0.3, -0.25) is 14.5 Å². The molecule has 13 heteroatoms. The molecule has 0 spiro atoms. The Bertz CT molecular complexity index is 2570. The Morgan fingerprint density at radius 1 is 0.507 bits per heavy atom. The van der Waals surface area contributed by atoms with Crippen LogP contribution in [0.25, 0.3) is 0 Å². The molecule has 4 aliphatic heterocycles. The third-order valence-corrected chi connectivity index (χ3v) is 13.0. The van der Waals surface area contributed by atoms with Gasteiger partial charge in [0.2, 0.25) is 0 Å². The molecule has 3 saturated heterocycles. The van der Waals surface area contributed by atoms with Crippen LogP contribution in [0.3, 0.4) is 0 Å². The van der Waals surface area contributed by atoms with Crippen molar-refractivity contribution in [2.75, 3.05) is 13.7 Å². The number of amides is 2. The summed E-state index contributed by atoms with van der Waals surface area (Å²) in [5, 5.41) is 0. The molecule has 6 aromatic carbocycles. The molecular weight excluding hydrogens is 879 g/mol. The highest BCUT2D eigenvalue weighted by atomic mass is 16.8. The molecule has 0 aliphatic carbocycles. The number of hydrogen-bond donors (Lipinski definition) is 0. The summed E-state index contributed by atoms with van der Waals surface area (Å²) in [4.78, 5) is 30.6. The molecule has 1 unspecified atom stereocenters. The molecule has 69 heavy (non-hydrogen) atoms. The van der Waals surface area contributed by atoms with E-state index in [0.717, 1.165) is 27.8 Å². The maximum atomic E-state index is 14.7. The fourth-order valence-corrected chi connectivity index (χ4v) is 9.42. The fourth-order valence-electron chi connectivity index (χ4n) is 9.42. The first kappa shape index (κ1) is 46.6. The molecule has 2 amide bonds. The Hall–Kier alpha value is -6.10. The first-order valence-corrected chi connectivity index (χ1v) is 23.4. The van der Waals surface area contributed by atoms with Crippen molar-refractivity contribution < 1.29 is 57.0 Å². The Kier molecular flexibility index (Phi) is 14.6. The van der Waals surface area contributed by atoms with Gasteiger partial charge in [0.1, 0.15) is 48.4 Å². The Labute approximate surface area is 401 Å². The monoisotopic (exact) mass is 933 g/mol. The van der Waals surface area contributed by atoms with Crippen LogP contribution in [0.1, 0.15) is 61.7 Å². The molecule has 10 rings (SSSR count). The van der Waals surface area contributed by atoms with Crippen molar-refractivity contribution in [1.82, 2.24) is 4.90 Å². The molecule has 0 saturated carbocycles. The zero-order valence-corrected chi connectivity index (χ0v) is 38.4. The van der Waals surface area contributed by atoms with Crippen LogP contribution in [0.4, 0.5) is 0 Å². The second-order valence-corrected chi connectivity index (χ2v) is 17.5. The normalized spacial score (nSPS) is 27.7. The van der Waals surface area contributed by atoms with Gasteiger partial charge in [-0.15, -0.1) is 0 Å². The highest BCUT2D eigenvalue weighted by Crippen LogP contribution is 2.42. The molecule has 0 aromatic heterocycles. The van der Waals surface area contributed by atoms with Gasteiger partial charge in [0.15, 0.2) is 18.9 Å². The second-order valence-electron chi connectivity index (χ2n) is 17.5. The molecular formula is C56H55NO12. The summed E-state index contributed by atoms with van der Waals surface area (Å²) < 4.78 is 67.1. The van der Waals surface area contributed by atoms with Gasteiger partial charge in [0.05, 0.1) is 57.4 Å². The number of carbonyl (C=O) groups is 2. The van der Waals surface area contributed by atoms with Crippen molar-refractivity contribution in [3.63, 3.8) is 0 Å². The number of benzene rings is 6. The minimum Gasteiger partial charge on any atom is -0.497 e. The molecule has 13 nitrogen and oxygen atoms in total. The van der Waals surface area contributed by atoms with Crippen LogP contribution in [0, 0.1) is 0 Å². The third kappa shape index (κ3) is 10.4. The van der Waals surface area contributed by atoms with Crippen molar-refractivity contribution in [2.24, 2.45) is 0 Å². The average molecular weight is 934 g/mol. The van der Waals surface area contributed by atoms with E-state index in [2.05, 4.69) is 0 Å². The molecule has 3 fully saturated rings. The maximum absolute atomic E-state index is 14.7. The number of nitrogens with zero attached hydrogens (tertiary/aromatic N) is 1. The van der Waals surface area contributed by atoms with Crippen molar-refractivity contribution in [3.8, 4) is 5.75 Å². The predicted molar refractivity (Wildman–Crippen MR) is 251 cm³/mol. The van der Waals surface area contributed by atoms with Crippen molar-refractivity contribution >= 4 is 11.8 Å². The van der Waals surface area contributed by atoms with Crippen LogP contribution in [0.2, 0.25) is 0 Å². The summed E-state index contributed by atoms with van der Waals surface area (Å²) in [5.41, 5.74) is 4.94. The zero-order valence-electron chi connectivity index (χ0n) is 38.4. The van der Waals surface area contributed by atoms with E-state index in [1.807, 2.05) is 153 Å². The SMILES string of the molecule is COc1ccc(CO[C@@H]2O[C@@H]3COC(c4ccccc4)O[C@H]3[C@H](O[C@@H]3O[C@@H](C)[C@@H](OCc4ccccc4)[C@@H](OCc4ccccc4)[C@@H]3OCc3ccccc3)[C@H]2N2C(=O)c3ccccc3C2=O)cc1. The lowest BCUT2D eigenvalue weighted by atomic mass is 9.93. The molecule has 6 aromatic rings. The van der Waals surface area contributed by atoms with E-state index in [-0.39, 0.29) is 44.2 Å². The maximum Gasteiger partial charge on any atom is 0.262 e. The van der Waals surface area contributed by atoms with E-state index in [1.165, 1.54) is 4.90 Å². The number of methoxy groups -OCH3 is 1. The first-order chi connectivity index (χ1) is 33.9. The highest BCUT2D eigenvalue weighted by Gasteiger charge is 2.59. The minimum atomic E-state index is -1.22. The van der Waals surface area contributed by atoms with Gasteiger partial charge in [0, 0.05) is 5.56 Å². The number of rotatable bonds is 17. The van der Waals surface area contributed by atoms with Gasteiger partial charge in [-0.1, -0.05) is 146 Å². The number of fused-ring (bicyclic) bond motifs is 2. The van der Waals surface area contributed by atoms with Crippen molar-refractivity contribution in [3.05, 3.63) is 209 Å². The van der Waals surface area contributed by atoms with Crippen LogP contribution in [0.5, 0.6) is 5.75 Å². The topological polar surface area (TPSA) is 130 Å². The third-order valence-electron chi connectivity index (χ3n) is 13.0. The molecule has 0 radical (unpaired) electrons. The summed E-state index contributed by atoms with van der Waals surface area (Å²) in [7, 11) is 1.60. The van der Waals surface area contributed by atoms with Gasteiger partial charge < -0.3 is 47.4 Å². The minimum absolute atomic E-state index is 0.0579. The number of imide groups is 1. The fraction of sp³-hybridized carbons (Fsp3) is 0.321. The van der Waals surface area contributed by atoms with Gasteiger partial charge in [0.25, 0.3) is 11.8 Å². The molecule has 0 bridgehead atoms. The Balaban J connectivity index is 1.05. The predicted octanol–water partition coefficient (Wildman–Crippen LogP) is 8.60. The molecule has 356 valence electrons. The molecule has 11 atom stereocenters. The average Bonchev–Trinajstić information content (AvgIpc) is 3.65. The number of ether oxygens (including phenoxy) is 10. The smallest absolute Gasteiger partial charge is 0.262 e. The van der Waals surface area contributed by atoms with E-state index in [4.69, 9.17) is 47.4 Å². The summed E-state index contributed by atoms with van der Waals surface area (Å²) in [6, 6.07) is 52.2. The summed E-state index contributed by atoms with van der Waals surface area (Å²) in [6.45, 7) is 2.76. The van der Waals surface area contributed by atoms with Gasteiger partial charge in [-0.05, 0) is 53.4 Å². The van der Waals surface area contributed by atoms with E-state index < -0.39 is 79.5 Å². The lowest BCUT2D eigenvalue weighted by molar-refractivity contribution is -0.386. The highest BCUT2D eigenvalue weighted by molar-refractivity contribution is 6.21. The molecule has 4 aliphatic rings. The second kappa shape index (κ2) is 21.7. The van der Waals surface area contributed by atoms with Crippen LogP contribution < -0.4 is 4.74 Å². The van der Waals surface area contributed by atoms with Crippen LogP contribution >= 0.6 is 0 Å². The van der Waals surface area contributed by atoms with Crippen LogP contribution in [-0.2, 0) is 69.1 Å². The van der Waals surface area contributed by atoms with Gasteiger partial charge in [-0.25, -0.2) is 0 Å². The largest absolute Gasteiger partial charge is 0.497 e. The van der Waals surface area contributed by atoms with E-state index in [9.17, 15) is 9.59 Å². The first-order valence-electron chi connectivity index (χ1n) is 23.4. The van der Waals surface area contributed by atoms with Gasteiger partial charge in [-0.2, -0.15) is 0 Å². The summed E-state index contributed by atoms with van der Waals surface area (Å²) in [5.74, 6) is -0.356. The quantitative estimate of drug-likeness (QED) is 0.0813. The number of hydrogen-bond acceptors (Lipinski definition) is 12. The van der Waals surface area contributed by atoms with E-state index in [1.54, 1.807) is 31.4 Å².